The minimum absolute atomic E-state index is 0. The first-order valence-electron chi connectivity index (χ1n) is 1.41. The van der Waals surface area contributed by atoms with Crippen molar-refractivity contribution >= 4 is 0 Å². The second-order valence-corrected chi connectivity index (χ2v) is 0. The van der Waals surface area contributed by atoms with E-state index in [1.165, 1.54) is 0 Å². The van der Waals surface area contributed by atoms with Crippen molar-refractivity contribution in [2.45, 2.75) is 13.8 Å². The van der Waals surface area contributed by atoms with Crippen LogP contribution in [-0.4, -0.2) is 0 Å². The second-order valence-electron chi connectivity index (χ2n) is 0. The summed E-state index contributed by atoms with van der Waals surface area (Å²) in [7, 11) is 0. The molecule has 0 aromatic rings. The Bertz CT molecular complexity index is 11.2. The summed E-state index contributed by atoms with van der Waals surface area (Å²) in [5.74, 6) is 0. The van der Waals surface area contributed by atoms with Gasteiger partial charge in [-0.05, 0) is 0 Å². The van der Waals surface area contributed by atoms with Gasteiger partial charge >= 0.3 is 22.4 Å². The monoisotopic (exact) mass is 256 g/mol. The van der Waals surface area contributed by atoms with Gasteiger partial charge in [-0.1, -0.05) is 0 Å². The Kier molecular flexibility index (Phi) is 1310. The number of hydrogen-bond donors (Lipinski definition) is 0. The zero-order valence-electron chi connectivity index (χ0n) is 5.00. The molecular formula is C4H10Cl3Nb. The molecule has 0 saturated heterocycles. The normalized spacial score (nSPS) is 1.50. The summed E-state index contributed by atoms with van der Waals surface area (Å²) < 4.78 is 0. The maximum atomic E-state index is 3.25. The van der Waals surface area contributed by atoms with Crippen LogP contribution in [0.1, 0.15) is 13.8 Å². The first kappa shape index (κ1) is 54.7. The van der Waals surface area contributed by atoms with Crippen LogP contribution in [0.25, 0.3) is 0 Å². The van der Waals surface area contributed by atoms with Crippen LogP contribution >= 0.6 is 0 Å². The third kappa shape index (κ3) is 128. The molecule has 0 atom stereocenters. The fourth-order valence-electron chi connectivity index (χ4n) is 0. The van der Waals surface area contributed by atoms with Crippen molar-refractivity contribution < 1.29 is 59.6 Å². The first-order valence-corrected chi connectivity index (χ1v) is 1.41. The van der Waals surface area contributed by atoms with Gasteiger partial charge < -0.3 is 51.1 Å². The van der Waals surface area contributed by atoms with Crippen LogP contribution in [0.4, 0.5) is 0 Å². The van der Waals surface area contributed by atoms with Gasteiger partial charge in [-0.25, -0.2) is 0 Å². The van der Waals surface area contributed by atoms with Gasteiger partial charge in [0.15, 0.2) is 0 Å². The van der Waals surface area contributed by atoms with Gasteiger partial charge in [0.25, 0.3) is 0 Å². The molecule has 0 aliphatic heterocycles. The molecule has 0 aliphatic rings. The quantitative estimate of drug-likeness (QED) is 0.299. The van der Waals surface area contributed by atoms with Gasteiger partial charge in [-0.15, -0.1) is 0 Å². The molecule has 0 aliphatic carbocycles. The minimum atomic E-state index is 0. The molecule has 8 heavy (non-hydrogen) atoms. The topological polar surface area (TPSA) is 0 Å². The van der Waals surface area contributed by atoms with Gasteiger partial charge in [0.05, 0.1) is 0 Å². The van der Waals surface area contributed by atoms with Gasteiger partial charge in [-0.2, -0.15) is 13.8 Å². The molecule has 0 unspecified atom stereocenters. The van der Waals surface area contributed by atoms with E-state index < -0.39 is 0 Å². The Balaban J connectivity index is -0.00000000167. The third-order valence-electron chi connectivity index (χ3n) is 0. The Morgan fingerprint density at radius 2 is 0.625 bits per heavy atom. The van der Waals surface area contributed by atoms with Crippen molar-refractivity contribution in [3.05, 3.63) is 13.8 Å². The van der Waals surface area contributed by atoms with Gasteiger partial charge in [0.2, 0.25) is 0 Å². The largest absolute Gasteiger partial charge is 5.00 e. The Morgan fingerprint density at radius 3 is 0.625 bits per heavy atom. The molecule has 4 heteroatoms. The van der Waals surface area contributed by atoms with E-state index in [0.29, 0.717) is 0 Å². The average Bonchev–Trinajstić information content (AvgIpc) is 1.50. The molecule has 0 radical (unpaired) electrons. The maximum absolute atomic E-state index is 3.25. The zero-order chi connectivity index (χ0) is 4.00. The van der Waals surface area contributed by atoms with Crippen molar-refractivity contribution in [3.63, 3.8) is 0 Å². The molecule has 0 spiro atoms. The summed E-state index contributed by atoms with van der Waals surface area (Å²) in [6.07, 6.45) is 0. The number of rotatable bonds is 0. The van der Waals surface area contributed by atoms with Crippen LogP contribution in [0.5, 0.6) is 0 Å². The van der Waals surface area contributed by atoms with Crippen LogP contribution in [0.2, 0.25) is 0 Å². The van der Waals surface area contributed by atoms with Crippen LogP contribution in [0.3, 0.4) is 0 Å². The molecule has 0 N–H and O–H groups in total. The van der Waals surface area contributed by atoms with Gasteiger partial charge in [0.1, 0.15) is 0 Å². The molecule has 0 aromatic carbocycles. The average molecular weight is 257 g/mol. The molecule has 0 amide bonds. The third-order valence-corrected chi connectivity index (χ3v) is 0. The predicted molar refractivity (Wildman–Crippen MR) is 22.1 cm³/mol. The zero-order valence-corrected chi connectivity index (χ0v) is 9.46. The van der Waals surface area contributed by atoms with E-state index >= 15 is 0 Å². The number of hydrogen-bond acceptors (Lipinski definition) is 0. The van der Waals surface area contributed by atoms with E-state index in [9.17, 15) is 0 Å². The van der Waals surface area contributed by atoms with E-state index in [2.05, 4.69) is 13.8 Å². The van der Waals surface area contributed by atoms with Crippen molar-refractivity contribution in [1.82, 2.24) is 0 Å². The van der Waals surface area contributed by atoms with Crippen LogP contribution in [-0.2, 0) is 22.4 Å². The first-order chi connectivity index (χ1) is 2.00. The van der Waals surface area contributed by atoms with Crippen LogP contribution in [0.15, 0.2) is 0 Å². The molecule has 0 bridgehead atoms. The molecule has 0 aromatic heterocycles. The second kappa shape index (κ2) is 192. The maximum Gasteiger partial charge on any atom is 5.00 e. The minimum Gasteiger partial charge on any atom is -1.00 e. The molecule has 0 saturated carbocycles. The molecule has 0 fully saturated rings. The van der Waals surface area contributed by atoms with Crippen molar-refractivity contribution in [1.29, 1.82) is 0 Å². The standard InChI is InChI=1S/2C2H5.3ClH.Nb/c2*1-2;;;;/h2*1H2,2H3;3*1H;/q2*-1;;;;+5/p-3. The van der Waals surface area contributed by atoms with E-state index in [4.69, 9.17) is 0 Å². The van der Waals surface area contributed by atoms with Crippen molar-refractivity contribution in [2.24, 2.45) is 0 Å². The van der Waals surface area contributed by atoms with Crippen LogP contribution < -0.4 is 37.2 Å². The molecule has 0 rings (SSSR count). The molecule has 0 heterocycles. The van der Waals surface area contributed by atoms with Crippen molar-refractivity contribution in [2.75, 3.05) is 0 Å². The summed E-state index contributed by atoms with van der Waals surface area (Å²) in [6, 6.07) is 0. The van der Waals surface area contributed by atoms with E-state index in [1.54, 1.807) is 13.8 Å². The summed E-state index contributed by atoms with van der Waals surface area (Å²) in [5, 5.41) is 0. The van der Waals surface area contributed by atoms with E-state index in [1.807, 2.05) is 0 Å². The Labute approximate surface area is 86.9 Å². The smallest absolute Gasteiger partial charge is 1.00 e. The summed E-state index contributed by atoms with van der Waals surface area (Å²) >= 11 is 0. The van der Waals surface area contributed by atoms with Gasteiger partial charge in [0, 0.05) is 0 Å². The summed E-state index contributed by atoms with van der Waals surface area (Å²) in [6.45, 7) is 10.0. The molecular weight excluding hydrogens is 247 g/mol. The number of halogens is 3. The molecule has 0 nitrogen and oxygen atoms in total. The Morgan fingerprint density at radius 1 is 0.625 bits per heavy atom. The summed E-state index contributed by atoms with van der Waals surface area (Å²) in [4.78, 5) is 0. The fraction of sp³-hybridized carbons (Fsp3) is 0.500. The Hall–Kier alpha value is 1.61. The van der Waals surface area contributed by atoms with Crippen LogP contribution in [0, 0.1) is 13.8 Å². The molecule has 52 valence electrons. The van der Waals surface area contributed by atoms with Gasteiger partial charge in [-0.3, -0.25) is 0 Å². The van der Waals surface area contributed by atoms with E-state index in [-0.39, 0.29) is 59.6 Å². The van der Waals surface area contributed by atoms with E-state index in [0.717, 1.165) is 0 Å². The SMILES string of the molecule is [CH2-]C.[CH2-]C.[Cl-].[Cl-].[Cl-].[Nb+5]. The predicted octanol–water partition coefficient (Wildman–Crippen LogP) is -7.31. The summed E-state index contributed by atoms with van der Waals surface area (Å²) in [5.41, 5.74) is 0. The van der Waals surface area contributed by atoms with Crippen molar-refractivity contribution in [3.8, 4) is 0 Å². The fourth-order valence-corrected chi connectivity index (χ4v) is 0.